The number of anilines is 1. The van der Waals surface area contributed by atoms with Gasteiger partial charge in [-0.15, -0.1) is 0 Å². The number of nitrogen functional groups attached to an aromatic ring is 1. The highest BCUT2D eigenvalue weighted by molar-refractivity contribution is 5.53. The fourth-order valence-electron chi connectivity index (χ4n) is 0.914. The minimum absolute atomic E-state index is 0.165. The lowest BCUT2D eigenvalue weighted by molar-refractivity contribution is 0.324. The molecular weight excluding hydrogens is 168 g/mol. The molecule has 1 aromatic rings. The Hall–Kier alpha value is -1.83. The van der Waals surface area contributed by atoms with Crippen LogP contribution < -0.4 is 10.5 Å². The third kappa shape index (κ3) is 1.85. The van der Waals surface area contributed by atoms with Crippen LogP contribution in [0.15, 0.2) is 0 Å². The van der Waals surface area contributed by atoms with Gasteiger partial charge >= 0.3 is 0 Å². The molecule has 68 valence electrons. The summed E-state index contributed by atoms with van der Waals surface area (Å²) in [6, 6.07) is 1.90. The van der Waals surface area contributed by atoms with E-state index in [-0.39, 0.29) is 17.3 Å². The number of nitrogens with zero attached hydrogens (tertiary/aromatic N) is 3. The first kappa shape index (κ1) is 9.26. The van der Waals surface area contributed by atoms with Gasteiger partial charge in [0.15, 0.2) is 5.56 Å². The van der Waals surface area contributed by atoms with Gasteiger partial charge in [-0.2, -0.15) is 10.2 Å². The zero-order valence-electron chi connectivity index (χ0n) is 7.53. The predicted molar refractivity (Wildman–Crippen MR) is 47.1 cm³/mol. The van der Waals surface area contributed by atoms with Crippen LogP contribution in [-0.4, -0.2) is 16.6 Å². The molecule has 0 spiro atoms. The molecule has 1 heterocycles. The van der Waals surface area contributed by atoms with Gasteiger partial charge in [0, 0.05) is 0 Å². The molecule has 0 saturated carbocycles. The monoisotopic (exact) mass is 178 g/mol. The van der Waals surface area contributed by atoms with E-state index in [0.29, 0.717) is 12.4 Å². The van der Waals surface area contributed by atoms with E-state index in [1.807, 2.05) is 13.0 Å². The highest BCUT2D eigenvalue weighted by Gasteiger charge is 2.10. The SMILES string of the molecule is CCOc1nc(C)nc(N)c1C#N. The van der Waals surface area contributed by atoms with E-state index >= 15 is 0 Å². The van der Waals surface area contributed by atoms with Crippen LogP contribution >= 0.6 is 0 Å². The smallest absolute Gasteiger partial charge is 0.237 e. The summed E-state index contributed by atoms with van der Waals surface area (Å²) in [4.78, 5) is 7.81. The van der Waals surface area contributed by atoms with Crippen molar-refractivity contribution in [1.82, 2.24) is 9.97 Å². The first-order chi connectivity index (χ1) is 6.19. The Morgan fingerprint density at radius 1 is 1.54 bits per heavy atom. The van der Waals surface area contributed by atoms with Gasteiger partial charge in [-0.05, 0) is 13.8 Å². The van der Waals surface area contributed by atoms with E-state index in [2.05, 4.69) is 9.97 Å². The number of nitrogens with two attached hydrogens (primary N) is 1. The number of aryl methyl sites for hydroxylation is 1. The first-order valence-electron chi connectivity index (χ1n) is 3.86. The Morgan fingerprint density at radius 3 is 2.77 bits per heavy atom. The molecule has 0 fully saturated rings. The number of nitriles is 1. The van der Waals surface area contributed by atoms with Crippen LogP contribution in [0.2, 0.25) is 0 Å². The molecule has 0 amide bonds. The van der Waals surface area contributed by atoms with Crippen LogP contribution in [0.25, 0.3) is 0 Å². The van der Waals surface area contributed by atoms with E-state index in [4.69, 9.17) is 15.7 Å². The molecule has 13 heavy (non-hydrogen) atoms. The molecule has 5 nitrogen and oxygen atoms in total. The molecule has 0 saturated heterocycles. The molecule has 0 aliphatic rings. The lowest BCUT2D eigenvalue weighted by Gasteiger charge is -2.05. The van der Waals surface area contributed by atoms with Crippen LogP contribution in [0, 0.1) is 18.3 Å². The molecule has 0 aromatic carbocycles. The van der Waals surface area contributed by atoms with Crippen molar-refractivity contribution < 1.29 is 4.74 Å². The van der Waals surface area contributed by atoms with Crippen LogP contribution in [-0.2, 0) is 0 Å². The second-order valence-corrected chi connectivity index (χ2v) is 2.38. The minimum atomic E-state index is 0.165. The predicted octanol–water partition coefficient (Wildman–Crippen LogP) is 0.638. The Labute approximate surface area is 76.2 Å². The second-order valence-electron chi connectivity index (χ2n) is 2.38. The van der Waals surface area contributed by atoms with Crippen LogP contribution in [0.4, 0.5) is 5.82 Å². The summed E-state index contributed by atoms with van der Waals surface area (Å²) < 4.78 is 5.14. The average Bonchev–Trinajstić information content (AvgIpc) is 2.04. The topological polar surface area (TPSA) is 84.8 Å². The maximum absolute atomic E-state index is 8.73. The van der Waals surface area contributed by atoms with E-state index in [1.54, 1.807) is 6.92 Å². The van der Waals surface area contributed by atoms with Crippen LogP contribution in [0.1, 0.15) is 18.3 Å². The molecule has 0 bridgehead atoms. The third-order valence-corrected chi connectivity index (χ3v) is 1.41. The standard InChI is InChI=1S/C8H10N4O/c1-3-13-8-6(4-9)7(10)11-5(2)12-8/h3H2,1-2H3,(H2,10,11,12). The van der Waals surface area contributed by atoms with Crippen molar-refractivity contribution in [3.05, 3.63) is 11.4 Å². The third-order valence-electron chi connectivity index (χ3n) is 1.41. The van der Waals surface area contributed by atoms with Crippen LogP contribution in [0.5, 0.6) is 5.88 Å². The molecule has 1 rings (SSSR count). The van der Waals surface area contributed by atoms with E-state index in [0.717, 1.165) is 0 Å². The van der Waals surface area contributed by atoms with Crippen molar-refractivity contribution in [3.8, 4) is 11.9 Å². The van der Waals surface area contributed by atoms with Gasteiger partial charge in [0.1, 0.15) is 17.7 Å². The molecule has 1 aromatic heterocycles. The fraction of sp³-hybridized carbons (Fsp3) is 0.375. The average molecular weight is 178 g/mol. The zero-order valence-corrected chi connectivity index (χ0v) is 7.53. The molecule has 0 aliphatic heterocycles. The largest absolute Gasteiger partial charge is 0.477 e. The van der Waals surface area contributed by atoms with Gasteiger partial charge in [0.2, 0.25) is 5.88 Å². The normalized spacial score (nSPS) is 9.31. The van der Waals surface area contributed by atoms with Gasteiger partial charge in [0.05, 0.1) is 6.61 Å². The van der Waals surface area contributed by atoms with Crippen molar-refractivity contribution in [3.63, 3.8) is 0 Å². The summed E-state index contributed by atoms with van der Waals surface area (Å²) in [6.07, 6.45) is 0. The van der Waals surface area contributed by atoms with Crippen molar-refractivity contribution in [2.45, 2.75) is 13.8 Å². The maximum atomic E-state index is 8.73. The lowest BCUT2D eigenvalue weighted by atomic mass is 10.3. The number of hydrogen-bond donors (Lipinski definition) is 1. The fourth-order valence-corrected chi connectivity index (χ4v) is 0.914. The van der Waals surface area contributed by atoms with Crippen LogP contribution in [0.3, 0.4) is 0 Å². The minimum Gasteiger partial charge on any atom is -0.477 e. The van der Waals surface area contributed by atoms with Crippen molar-refractivity contribution in [1.29, 1.82) is 5.26 Å². The van der Waals surface area contributed by atoms with E-state index in [9.17, 15) is 0 Å². The maximum Gasteiger partial charge on any atom is 0.237 e. The molecule has 0 atom stereocenters. The lowest BCUT2D eigenvalue weighted by Crippen LogP contribution is -2.05. The summed E-state index contributed by atoms with van der Waals surface area (Å²) in [6.45, 7) is 3.96. The number of hydrogen-bond acceptors (Lipinski definition) is 5. The Bertz CT molecular complexity index is 356. The summed E-state index contributed by atoms with van der Waals surface area (Å²) in [5, 5.41) is 8.73. The van der Waals surface area contributed by atoms with Gasteiger partial charge in [-0.25, -0.2) is 4.98 Å². The van der Waals surface area contributed by atoms with Gasteiger partial charge in [-0.1, -0.05) is 0 Å². The molecule has 5 heteroatoms. The summed E-state index contributed by atoms with van der Waals surface area (Å²) in [7, 11) is 0. The Balaban J connectivity index is 3.23. The molecule has 0 radical (unpaired) electrons. The molecule has 2 N–H and O–H groups in total. The number of rotatable bonds is 2. The number of ether oxygens (including phenoxy) is 1. The highest BCUT2D eigenvalue weighted by atomic mass is 16.5. The summed E-state index contributed by atoms with van der Waals surface area (Å²) in [5.41, 5.74) is 5.71. The quantitative estimate of drug-likeness (QED) is 0.718. The van der Waals surface area contributed by atoms with E-state index in [1.165, 1.54) is 0 Å². The highest BCUT2D eigenvalue weighted by Crippen LogP contribution is 2.19. The molecule has 0 unspecified atom stereocenters. The number of aromatic nitrogens is 2. The molecular formula is C8H10N4O. The van der Waals surface area contributed by atoms with Gasteiger partial charge < -0.3 is 10.5 Å². The summed E-state index contributed by atoms with van der Waals surface area (Å²) in [5.74, 6) is 0.924. The van der Waals surface area contributed by atoms with E-state index < -0.39 is 0 Å². The first-order valence-corrected chi connectivity index (χ1v) is 3.86. The Kier molecular flexibility index (Phi) is 2.65. The van der Waals surface area contributed by atoms with Crippen molar-refractivity contribution in [2.75, 3.05) is 12.3 Å². The Morgan fingerprint density at radius 2 is 2.23 bits per heavy atom. The summed E-state index contributed by atoms with van der Waals surface area (Å²) >= 11 is 0. The van der Waals surface area contributed by atoms with Crippen molar-refractivity contribution >= 4 is 5.82 Å². The van der Waals surface area contributed by atoms with Crippen molar-refractivity contribution in [2.24, 2.45) is 0 Å². The van der Waals surface area contributed by atoms with Gasteiger partial charge in [-0.3, -0.25) is 0 Å². The molecule has 0 aliphatic carbocycles. The second kappa shape index (κ2) is 3.72. The van der Waals surface area contributed by atoms with Gasteiger partial charge in [0.25, 0.3) is 0 Å². The zero-order chi connectivity index (χ0) is 9.84.